The summed E-state index contributed by atoms with van der Waals surface area (Å²) >= 11 is 0. The zero-order chi connectivity index (χ0) is 19.2. The van der Waals surface area contributed by atoms with Gasteiger partial charge in [0.2, 0.25) is 17.7 Å². The lowest BCUT2D eigenvalue weighted by atomic mass is 10.0. The highest BCUT2D eigenvalue weighted by atomic mass is 16.2. The van der Waals surface area contributed by atoms with Gasteiger partial charge in [0, 0.05) is 39.1 Å². The zero-order valence-corrected chi connectivity index (χ0v) is 15.8. The molecule has 1 aromatic rings. The molecule has 0 spiro atoms. The van der Waals surface area contributed by atoms with Crippen molar-refractivity contribution in [1.82, 2.24) is 20.4 Å². The molecule has 1 unspecified atom stereocenters. The van der Waals surface area contributed by atoms with Gasteiger partial charge in [0.05, 0.1) is 19.0 Å². The molecule has 2 N–H and O–H groups in total. The number of carbonyl (C=O) groups excluding carboxylic acids is 3. The van der Waals surface area contributed by atoms with Crippen molar-refractivity contribution < 1.29 is 14.4 Å². The molecule has 3 rings (SSSR count). The third-order valence-electron chi connectivity index (χ3n) is 4.99. The highest BCUT2D eigenvalue weighted by Crippen LogP contribution is 2.19. The molecular weight excluding hydrogens is 344 g/mol. The molecule has 1 heterocycles. The first-order chi connectivity index (χ1) is 13.0. The van der Waals surface area contributed by atoms with Crippen LogP contribution < -0.4 is 10.6 Å². The van der Waals surface area contributed by atoms with E-state index in [0.717, 1.165) is 18.4 Å². The van der Waals surface area contributed by atoms with Gasteiger partial charge in [0.1, 0.15) is 0 Å². The van der Waals surface area contributed by atoms with Gasteiger partial charge in [0.25, 0.3) is 0 Å². The number of nitrogens with zero attached hydrogens (tertiary/aromatic N) is 2. The molecule has 0 bridgehead atoms. The minimum Gasteiger partial charge on any atom is -0.352 e. The number of piperazine rings is 1. The quantitative estimate of drug-likeness (QED) is 0.737. The van der Waals surface area contributed by atoms with E-state index in [2.05, 4.69) is 15.5 Å². The fourth-order valence-corrected chi connectivity index (χ4v) is 3.35. The van der Waals surface area contributed by atoms with Crippen LogP contribution in [0.1, 0.15) is 37.8 Å². The Morgan fingerprint density at radius 3 is 2.33 bits per heavy atom. The Hall–Kier alpha value is -2.41. The first kappa shape index (κ1) is 19.4. The number of hydrogen-bond donors (Lipinski definition) is 2. The van der Waals surface area contributed by atoms with Crippen molar-refractivity contribution in [3.63, 3.8) is 0 Å². The minimum absolute atomic E-state index is 0.0275. The lowest BCUT2D eigenvalue weighted by Crippen LogP contribution is -2.51. The van der Waals surface area contributed by atoms with E-state index in [1.807, 2.05) is 35.2 Å². The molecule has 0 aromatic heterocycles. The Bertz CT molecular complexity index is 667. The second-order valence-corrected chi connectivity index (χ2v) is 7.37. The summed E-state index contributed by atoms with van der Waals surface area (Å²) in [5.41, 5.74) is 0.927. The molecule has 2 fully saturated rings. The summed E-state index contributed by atoms with van der Waals surface area (Å²) in [7, 11) is 0. The van der Waals surface area contributed by atoms with Gasteiger partial charge in [-0.2, -0.15) is 0 Å². The van der Waals surface area contributed by atoms with Crippen molar-refractivity contribution in [2.45, 2.75) is 38.3 Å². The van der Waals surface area contributed by atoms with E-state index in [-0.39, 0.29) is 30.2 Å². The average molecular weight is 372 g/mol. The minimum atomic E-state index is -0.321. The first-order valence-electron chi connectivity index (χ1n) is 9.63. The standard InChI is InChI=1S/C20H28N4O3/c1-15(25)21-18(16-5-3-2-4-6-16)13-20(27)24-11-9-23(10-12-24)14-19(26)22-17-7-8-17/h2-6,17-18H,7-14H2,1H3,(H,21,25)(H,22,26). The van der Waals surface area contributed by atoms with Gasteiger partial charge in [-0.25, -0.2) is 0 Å². The van der Waals surface area contributed by atoms with Crippen LogP contribution in [0.5, 0.6) is 0 Å². The van der Waals surface area contributed by atoms with E-state index in [9.17, 15) is 14.4 Å². The summed E-state index contributed by atoms with van der Waals surface area (Å²) in [6.45, 7) is 4.47. The molecule has 0 radical (unpaired) electrons. The number of benzene rings is 1. The molecule has 1 saturated carbocycles. The third-order valence-corrected chi connectivity index (χ3v) is 4.99. The number of nitrogens with one attached hydrogen (secondary N) is 2. The number of hydrogen-bond acceptors (Lipinski definition) is 4. The lowest BCUT2D eigenvalue weighted by Gasteiger charge is -2.35. The van der Waals surface area contributed by atoms with Gasteiger partial charge in [-0.3, -0.25) is 19.3 Å². The van der Waals surface area contributed by atoms with Crippen LogP contribution in [-0.2, 0) is 14.4 Å². The third kappa shape index (κ3) is 6.06. The van der Waals surface area contributed by atoms with E-state index < -0.39 is 0 Å². The van der Waals surface area contributed by atoms with E-state index >= 15 is 0 Å². The highest BCUT2D eigenvalue weighted by Gasteiger charge is 2.27. The summed E-state index contributed by atoms with van der Waals surface area (Å²) in [6.07, 6.45) is 2.42. The summed E-state index contributed by atoms with van der Waals surface area (Å²) in [5.74, 6) is -0.0464. The topological polar surface area (TPSA) is 81.8 Å². The summed E-state index contributed by atoms with van der Waals surface area (Å²) < 4.78 is 0. The van der Waals surface area contributed by atoms with Gasteiger partial charge >= 0.3 is 0 Å². The number of rotatable bonds is 7. The first-order valence-corrected chi connectivity index (χ1v) is 9.63. The maximum absolute atomic E-state index is 12.7. The van der Waals surface area contributed by atoms with E-state index in [1.54, 1.807) is 0 Å². The van der Waals surface area contributed by atoms with Crippen LogP contribution in [0.15, 0.2) is 30.3 Å². The van der Waals surface area contributed by atoms with Gasteiger partial charge in [-0.1, -0.05) is 30.3 Å². The molecule has 1 aromatic carbocycles. The second kappa shape index (κ2) is 8.99. The van der Waals surface area contributed by atoms with Crippen LogP contribution in [0.25, 0.3) is 0 Å². The van der Waals surface area contributed by atoms with Gasteiger partial charge in [-0.05, 0) is 18.4 Å². The largest absolute Gasteiger partial charge is 0.352 e. The molecule has 3 amide bonds. The summed E-state index contributed by atoms with van der Waals surface area (Å²) in [6, 6.07) is 9.62. The predicted octanol–water partition coefficient (Wildman–Crippen LogP) is 0.677. The molecule has 2 aliphatic rings. The summed E-state index contributed by atoms with van der Waals surface area (Å²) in [5, 5.41) is 5.87. The Balaban J connectivity index is 1.48. The van der Waals surface area contributed by atoms with Crippen molar-refractivity contribution in [2.24, 2.45) is 0 Å². The van der Waals surface area contributed by atoms with Crippen LogP contribution in [0, 0.1) is 0 Å². The van der Waals surface area contributed by atoms with Crippen molar-refractivity contribution in [1.29, 1.82) is 0 Å². The van der Waals surface area contributed by atoms with E-state index in [4.69, 9.17) is 0 Å². The molecule has 1 aliphatic heterocycles. The van der Waals surface area contributed by atoms with Crippen LogP contribution in [0.2, 0.25) is 0 Å². The van der Waals surface area contributed by atoms with E-state index in [0.29, 0.717) is 38.8 Å². The monoisotopic (exact) mass is 372 g/mol. The molecule has 1 atom stereocenters. The Kier molecular flexibility index (Phi) is 6.45. The zero-order valence-electron chi connectivity index (χ0n) is 15.8. The van der Waals surface area contributed by atoms with Crippen LogP contribution in [0.3, 0.4) is 0 Å². The SMILES string of the molecule is CC(=O)NC(CC(=O)N1CCN(CC(=O)NC2CC2)CC1)c1ccccc1. The van der Waals surface area contributed by atoms with Gasteiger partial charge in [-0.15, -0.1) is 0 Å². The van der Waals surface area contributed by atoms with Crippen molar-refractivity contribution >= 4 is 17.7 Å². The predicted molar refractivity (Wildman–Crippen MR) is 102 cm³/mol. The molecule has 146 valence electrons. The van der Waals surface area contributed by atoms with Crippen molar-refractivity contribution in [2.75, 3.05) is 32.7 Å². The number of carbonyl (C=O) groups is 3. The van der Waals surface area contributed by atoms with Crippen molar-refractivity contribution in [3.05, 3.63) is 35.9 Å². The average Bonchev–Trinajstić information content (AvgIpc) is 3.46. The van der Waals surface area contributed by atoms with E-state index in [1.165, 1.54) is 6.92 Å². The molecule has 1 saturated heterocycles. The molecule has 1 aliphatic carbocycles. The van der Waals surface area contributed by atoms with Gasteiger partial charge < -0.3 is 15.5 Å². The number of amides is 3. The molecular formula is C20H28N4O3. The molecule has 27 heavy (non-hydrogen) atoms. The molecule has 7 nitrogen and oxygen atoms in total. The second-order valence-electron chi connectivity index (χ2n) is 7.37. The fourth-order valence-electron chi connectivity index (χ4n) is 3.35. The summed E-state index contributed by atoms with van der Waals surface area (Å²) in [4.78, 5) is 40.1. The van der Waals surface area contributed by atoms with Gasteiger partial charge in [0.15, 0.2) is 0 Å². The molecule has 7 heteroatoms. The Morgan fingerprint density at radius 1 is 1.07 bits per heavy atom. The smallest absolute Gasteiger partial charge is 0.234 e. The highest BCUT2D eigenvalue weighted by molar-refractivity contribution is 5.80. The van der Waals surface area contributed by atoms with Crippen molar-refractivity contribution in [3.8, 4) is 0 Å². The van der Waals surface area contributed by atoms with Crippen LogP contribution in [-0.4, -0.2) is 66.3 Å². The Labute approximate surface area is 160 Å². The van der Waals surface area contributed by atoms with Crippen LogP contribution in [0.4, 0.5) is 0 Å². The van der Waals surface area contributed by atoms with Crippen LogP contribution >= 0.6 is 0 Å². The Morgan fingerprint density at radius 2 is 1.74 bits per heavy atom. The maximum atomic E-state index is 12.7. The lowest BCUT2D eigenvalue weighted by molar-refractivity contribution is -0.134. The fraction of sp³-hybridized carbons (Fsp3) is 0.550. The maximum Gasteiger partial charge on any atom is 0.234 e. The normalized spacial score (nSPS) is 18.6.